The molecule has 1 aromatic heterocycles. The van der Waals surface area contributed by atoms with Crippen molar-refractivity contribution in [2.75, 3.05) is 6.61 Å². The Balaban J connectivity index is 1.37. The molecular weight excluding hydrogens is 481 g/mol. The summed E-state index contributed by atoms with van der Waals surface area (Å²) in [7, 11) is 0. The third-order valence-electron chi connectivity index (χ3n) is 6.34. The summed E-state index contributed by atoms with van der Waals surface area (Å²) in [6.45, 7) is 3.47. The van der Waals surface area contributed by atoms with Crippen molar-refractivity contribution in [2.24, 2.45) is 0 Å². The van der Waals surface area contributed by atoms with Crippen LogP contribution in [0.25, 0.3) is 28.2 Å². The highest BCUT2D eigenvalue weighted by atomic mass is 19.1. The van der Waals surface area contributed by atoms with Gasteiger partial charge in [-0.05, 0) is 66.4 Å². The molecule has 0 bridgehead atoms. The van der Waals surface area contributed by atoms with Crippen LogP contribution in [0.1, 0.15) is 32.1 Å². The topological polar surface area (TPSA) is 74.1 Å². The van der Waals surface area contributed by atoms with E-state index in [9.17, 15) is 14.0 Å². The van der Waals surface area contributed by atoms with Crippen LogP contribution in [0.15, 0.2) is 97.1 Å². The summed E-state index contributed by atoms with van der Waals surface area (Å²) in [4.78, 5) is 30.0. The van der Waals surface area contributed by atoms with E-state index in [2.05, 4.69) is 10.1 Å². The molecule has 0 aliphatic heterocycles. The lowest BCUT2D eigenvalue weighted by molar-refractivity contribution is 0.0462. The summed E-state index contributed by atoms with van der Waals surface area (Å²) in [6, 6.07) is 28.4. The summed E-state index contributed by atoms with van der Waals surface area (Å²) >= 11 is 0. The second-order valence-electron chi connectivity index (χ2n) is 8.84. The minimum absolute atomic E-state index is 0.197. The predicted molar refractivity (Wildman–Crippen MR) is 143 cm³/mol. The number of aryl methyl sites for hydroxylation is 1. The lowest BCUT2D eigenvalue weighted by atomic mass is 10.0. The molecule has 0 N–H and O–H groups in total. The Morgan fingerprint density at radius 3 is 2.16 bits per heavy atom. The molecule has 0 unspecified atom stereocenters. The van der Waals surface area contributed by atoms with Crippen LogP contribution in [0.5, 0.6) is 0 Å². The number of carbonyl (C=O) groups is 2. The van der Waals surface area contributed by atoms with Crippen LogP contribution in [0.3, 0.4) is 0 Å². The summed E-state index contributed by atoms with van der Waals surface area (Å²) < 4.78 is 20.4. The van der Waals surface area contributed by atoms with Gasteiger partial charge in [-0.15, -0.1) is 5.10 Å². The Morgan fingerprint density at radius 1 is 0.789 bits per heavy atom. The number of nitrogens with zero attached hydrogens (tertiary/aromatic N) is 3. The molecule has 0 saturated heterocycles. The smallest absolute Gasteiger partial charge is 0.378 e. The first-order valence-electron chi connectivity index (χ1n) is 12.1. The number of halogens is 1. The van der Waals surface area contributed by atoms with Gasteiger partial charge in [0, 0.05) is 11.1 Å². The van der Waals surface area contributed by atoms with Crippen LogP contribution in [0.4, 0.5) is 4.39 Å². The van der Waals surface area contributed by atoms with Gasteiger partial charge in [0.05, 0.1) is 5.69 Å². The van der Waals surface area contributed by atoms with Crippen LogP contribution >= 0.6 is 0 Å². The first kappa shape index (κ1) is 24.8. The minimum Gasteiger partial charge on any atom is -0.451 e. The zero-order chi connectivity index (χ0) is 26.6. The minimum atomic E-state index is -0.827. The number of rotatable bonds is 7. The van der Waals surface area contributed by atoms with Crippen molar-refractivity contribution in [3.05, 3.63) is 125 Å². The highest BCUT2D eigenvalue weighted by Crippen LogP contribution is 2.25. The number of hydrogen-bond donors (Lipinski definition) is 0. The monoisotopic (exact) mass is 505 g/mol. The maximum absolute atomic E-state index is 13.6. The Bertz CT molecular complexity index is 1610. The van der Waals surface area contributed by atoms with E-state index in [1.165, 1.54) is 16.8 Å². The van der Waals surface area contributed by atoms with Gasteiger partial charge in [0.1, 0.15) is 5.82 Å². The third kappa shape index (κ3) is 5.13. The molecule has 188 valence electrons. The second-order valence-corrected chi connectivity index (χ2v) is 8.84. The van der Waals surface area contributed by atoms with Gasteiger partial charge in [0.25, 0.3) is 5.82 Å². The normalized spacial score (nSPS) is 10.8. The fourth-order valence-corrected chi connectivity index (χ4v) is 4.08. The lowest BCUT2D eigenvalue weighted by Gasteiger charge is -2.11. The van der Waals surface area contributed by atoms with Crippen molar-refractivity contribution < 1.29 is 18.7 Å². The number of ether oxygens (including phenoxy) is 1. The molecule has 0 radical (unpaired) electrons. The lowest BCUT2D eigenvalue weighted by Crippen LogP contribution is -2.15. The highest BCUT2D eigenvalue weighted by molar-refractivity contribution is 5.99. The zero-order valence-electron chi connectivity index (χ0n) is 20.9. The van der Waals surface area contributed by atoms with Gasteiger partial charge in [0.2, 0.25) is 0 Å². The van der Waals surface area contributed by atoms with E-state index in [1.54, 1.807) is 24.3 Å². The van der Waals surface area contributed by atoms with Gasteiger partial charge < -0.3 is 4.74 Å². The molecule has 38 heavy (non-hydrogen) atoms. The molecule has 0 atom stereocenters. The molecule has 1 heterocycles. The van der Waals surface area contributed by atoms with E-state index in [0.29, 0.717) is 17.0 Å². The Morgan fingerprint density at radius 2 is 1.45 bits per heavy atom. The predicted octanol–water partition coefficient (Wildman–Crippen LogP) is 6.40. The SMILES string of the molecule is Cc1cccc(-n2nc(C(=O)OCC(=O)c3ccc(-c4ccccc4)cc3)nc2-c2ccc(F)cc2)c1C. The molecular formula is C31H24FN3O3. The van der Waals surface area contributed by atoms with Gasteiger partial charge in [0.15, 0.2) is 18.2 Å². The number of aromatic nitrogens is 3. The highest BCUT2D eigenvalue weighted by Gasteiger charge is 2.22. The molecule has 6 nitrogen and oxygen atoms in total. The average Bonchev–Trinajstić information content (AvgIpc) is 3.39. The third-order valence-corrected chi connectivity index (χ3v) is 6.34. The zero-order valence-corrected chi connectivity index (χ0v) is 20.9. The largest absolute Gasteiger partial charge is 0.451 e. The summed E-state index contributed by atoms with van der Waals surface area (Å²) in [5.41, 5.74) is 5.75. The van der Waals surface area contributed by atoms with Crippen molar-refractivity contribution in [3.8, 4) is 28.2 Å². The van der Waals surface area contributed by atoms with Crippen LogP contribution in [0, 0.1) is 19.7 Å². The van der Waals surface area contributed by atoms with Crippen LogP contribution in [-0.4, -0.2) is 33.1 Å². The number of hydrogen-bond acceptors (Lipinski definition) is 5. The fourth-order valence-electron chi connectivity index (χ4n) is 4.08. The van der Waals surface area contributed by atoms with Gasteiger partial charge in [-0.3, -0.25) is 4.79 Å². The van der Waals surface area contributed by atoms with Crippen molar-refractivity contribution in [1.82, 2.24) is 14.8 Å². The standard InChI is InChI=1S/C31H24FN3O3/c1-20-7-6-10-27(21(20)2)35-30(25-15-17-26(32)18-16-25)33-29(34-35)31(37)38-19-28(36)24-13-11-23(12-14-24)22-8-4-3-5-9-22/h3-18H,19H2,1-2H3. The second kappa shape index (κ2) is 10.6. The molecule has 0 saturated carbocycles. The molecule has 7 heteroatoms. The van der Waals surface area contributed by atoms with Gasteiger partial charge >= 0.3 is 5.97 Å². The number of ketones is 1. The number of benzene rings is 4. The van der Waals surface area contributed by atoms with Gasteiger partial charge in [-0.1, -0.05) is 66.7 Å². The molecule has 0 spiro atoms. The summed E-state index contributed by atoms with van der Waals surface area (Å²) in [5, 5.41) is 4.40. The van der Waals surface area contributed by atoms with E-state index < -0.39 is 12.6 Å². The van der Waals surface area contributed by atoms with Crippen LogP contribution in [-0.2, 0) is 4.74 Å². The molecule has 5 aromatic rings. The average molecular weight is 506 g/mol. The molecule has 0 fully saturated rings. The fraction of sp³-hybridized carbons (Fsp3) is 0.0968. The van der Waals surface area contributed by atoms with Crippen molar-refractivity contribution in [2.45, 2.75) is 13.8 Å². The van der Waals surface area contributed by atoms with E-state index in [0.717, 1.165) is 27.9 Å². The van der Waals surface area contributed by atoms with E-state index in [1.807, 2.05) is 74.5 Å². The van der Waals surface area contributed by atoms with E-state index in [-0.39, 0.29) is 17.4 Å². The Hall–Kier alpha value is -4.91. The van der Waals surface area contributed by atoms with Crippen molar-refractivity contribution >= 4 is 11.8 Å². The number of Topliss-reactive ketones (excluding diaryl/α,β-unsaturated/α-hetero) is 1. The Kier molecular flexibility index (Phi) is 6.91. The van der Waals surface area contributed by atoms with Crippen molar-refractivity contribution in [1.29, 1.82) is 0 Å². The van der Waals surface area contributed by atoms with Crippen LogP contribution < -0.4 is 0 Å². The van der Waals surface area contributed by atoms with Crippen LogP contribution in [0.2, 0.25) is 0 Å². The summed E-state index contributed by atoms with van der Waals surface area (Å²) in [5.74, 6) is -1.40. The molecule has 4 aromatic carbocycles. The summed E-state index contributed by atoms with van der Waals surface area (Å²) in [6.07, 6.45) is 0. The van der Waals surface area contributed by atoms with Crippen molar-refractivity contribution in [3.63, 3.8) is 0 Å². The molecule has 0 aliphatic carbocycles. The first-order chi connectivity index (χ1) is 18.4. The number of esters is 1. The first-order valence-corrected chi connectivity index (χ1v) is 12.1. The maximum Gasteiger partial charge on any atom is 0.378 e. The molecule has 5 rings (SSSR count). The van der Waals surface area contributed by atoms with E-state index >= 15 is 0 Å². The Labute approximate surface area is 219 Å². The van der Waals surface area contributed by atoms with Gasteiger partial charge in [-0.2, -0.15) is 0 Å². The van der Waals surface area contributed by atoms with E-state index in [4.69, 9.17) is 4.74 Å². The molecule has 0 amide bonds. The number of carbonyl (C=O) groups excluding carboxylic acids is 2. The quantitative estimate of drug-likeness (QED) is 0.189. The van der Waals surface area contributed by atoms with Gasteiger partial charge in [-0.25, -0.2) is 18.9 Å². The molecule has 0 aliphatic rings. The maximum atomic E-state index is 13.6.